The molecule has 0 aromatic heterocycles. The predicted octanol–water partition coefficient (Wildman–Crippen LogP) is 1.64. The summed E-state index contributed by atoms with van der Waals surface area (Å²) in [7, 11) is 68.2. The van der Waals surface area contributed by atoms with E-state index in [1.807, 2.05) is 0 Å². The topological polar surface area (TPSA) is 460 Å². The summed E-state index contributed by atoms with van der Waals surface area (Å²) in [6.45, 7) is -5.35. The van der Waals surface area contributed by atoms with Crippen molar-refractivity contribution in [3.8, 4) is 0 Å². The number of phosphoric ester groups is 3. The second-order valence-electron chi connectivity index (χ2n) is 27.2. The molecule has 8 aliphatic rings. The standard InChI is InChI=1S/2C14H25B3O8PS2.C12H21B3O7PS.2C6H11B2O3.C4H11O4PS2.C4H10O2S2.C3H9O4P/c1-19-7-11-10(5-13(15)23-11)25-26(18,21-3-4-28-27)22-8-12-9(20-2)6-14(17-16)24-12;1-20-7-11-10(5-13(15)23-11)25-26(19,28-27-4-3-18)22-8-12-9(21-2)6-14(17-16)24-12;1-17-5-9-8(3-11(13)20-9)22-23(16,24)19-6-10-7(18-2)4-12(15-14)21-10;1-10-3-5-4(9)2-6(8-7)11-5;1-10-4-2-6(8-7)11-5(4)3-9;1-6-9(5,7-2)8-3-4-11-10;5-1-3-7-8-4-2-6;1-5-8(4,6-2)7-3/h9-14,27H,3-8H2,1-2H3;9-14,18H,3-8H2,1-2H3;7-12H,3-6H2,1-2H3,(H,16,24);2*4-6,9H,2-3H2,1H3;10H,3-4H2,1-2H3;5-6H,1-4H2;1-3H3/p-1/t2*9-,10-,11-,12-,13-,14-,26?;7-,8-,9-,10-,11-,12-,23?;2*4-,5-,6-;;;/m11111.../s1. The van der Waals surface area contributed by atoms with Crippen molar-refractivity contribution in [1.29, 1.82) is 0 Å². The summed E-state index contributed by atoms with van der Waals surface area (Å²) in [6.07, 6.45) is -1.71. The normalized spacial score (nSPS) is 31.2. The van der Waals surface area contributed by atoms with Gasteiger partial charge < -0.3 is 115 Å². The molecule has 39 nitrogen and oxygen atoms in total. The third-order valence-corrected chi connectivity index (χ3v) is 34.5. The van der Waals surface area contributed by atoms with Crippen molar-refractivity contribution in [1.82, 2.24) is 0 Å². The van der Waals surface area contributed by atoms with Gasteiger partial charge in [-0.15, -0.1) is 23.3 Å². The molecule has 0 amide bonds. The van der Waals surface area contributed by atoms with E-state index >= 15 is 0 Å². The smallest absolute Gasteiger partial charge is 0.475 e. The van der Waals surface area contributed by atoms with Crippen molar-refractivity contribution in [3.63, 3.8) is 0 Å². The van der Waals surface area contributed by atoms with E-state index in [1.54, 1.807) is 64.2 Å². The van der Waals surface area contributed by atoms with E-state index in [4.69, 9.17) is 206 Å². The average molecular weight is 2090 g/mol. The highest BCUT2D eigenvalue weighted by molar-refractivity contribution is 8.98. The number of aliphatic hydroxyl groups is 5. The molecule has 0 aliphatic carbocycles. The molecule has 8 saturated heterocycles. The first kappa shape index (κ1) is 131. The van der Waals surface area contributed by atoms with Gasteiger partial charge in [0.1, 0.15) is 79.1 Å². The van der Waals surface area contributed by atoms with Crippen LogP contribution in [0.1, 0.15) is 51.4 Å². The maximum Gasteiger partial charge on any atom is 0.475 e. The summed E-state index contributed by atoms with van der Waals surface area (Å²) >= 11 is 12.9. The van der Waals surface area contributed by atoms with Crippen LogP contribution in [-0.2, 0) is 165 Å². The molecule has 66 heteroatoms. The highest BCUT2D eigenvalue weighted by Crippen LogP contribution is 2.67. The molecule has 8 fully saturated rings. The minimum Gasteiger partial charge on any atom is -0.780 e. The Bertz CT molecular complexity index is 2910. The lowest BCUT2D eigenvalue weighted by Gasteiger charge is -2.33. The van der Waals surface area contributed by atoms with Crippen LogP contribution in [0, 0.1) is 0 Å². The minimum atomic E-state index is -3.92. The molecule has 8 rings (SSSR count). The number of thiol groups is 2. The van der Waals surface area contributed by atoms with Crippen molar-refractivity contribution < 1.29 is 183 Å². The lowest BCUT2D eigenvalue weighted by Crippen LogP contribution is -2.32. The summed E-state index contributed by atoms with van der Waals surface area (Å²) in [6, 6.07) is -2.50. The third kappa shape index (κ3) is 54.0. The number of aliphatic hydroxyl groups excluding tert-OH is 5. The van der Waals surface area contributed by atoms with Crippen LogP contribution in [-0.4, -0.2) is 476 Å². The Morgan fingerprint density at radius 3 is 1.01 bits per heavy atom. The van der Waals surface area contributed by atoms with Gasteiger partial charge in [-0.3, -0.25) is 49.8 Å². The maximum atomic E-state index is 13.4. The van der Waals surface area contributed by atoms with Crippen LogP contribution in [0.25, 0.3) is 0 Å². The monoisotopic (exact) mass is 2090 g/mol. The molecule has 3 unspecified atom stereocenters. The van der Waals surface area contributed by atoms with Gasteiger partial charge in [0.05, 0.1) is 171 Å². The summed E-state index contributed by atoms with van der Waals surface area (Å²) in [5.74, 6) is 3.04. The second-order valence-corrected chi connectivity index (χ2v) is 47.0. The third-order valence-electron chi connectivity index (χ3n) is 18.3. The highest BCUT2D eigenvalue weighted by Gasteiger charge is 2.46. The molecular weight excluding hydrogens is 1960 g/mol. The minimum absolute atomic E-state index is 0.0111. The molecule has 8 aliphatic heterocycles. The number of hydrogen-bond acceptors (Lipinski definition) is 48. The molecule has 0 bridgehead atoms. The Morgan fingerprint density at radius 2 is 0.682 bits per heavy atom. The van der Waals surface area contributed by atoms with Crippen molar-refractivity contribution in [2.75, 3.05) is 207 Å². The van der Waals surface area contributed by atoms with Crippen LogP contribution in [0.2, 0.25) is 0 Å². The number of hydrogen-bond donors (Lipinski definition) is 7. The Labute approximate surface area is 815 Å². The SMILES string of the molecule is COP(=O)(OC)OC.COP(=O)(OC)OCCSS.OCCSSCCO.[B][B][C@H]1C[C@@H](O)[C@@H](COC)O1.[B][B][C@H]1C[C@@H](OC)[C@@H](CO)O1.[B][B][C@H]1C[C@@H](OC)[C@@H](COP(=O)(OCCSS)O[C@@H]2C[C@H]([B])O[C@@H]2COC)O1.[B][B][C@H]1C[C@@H](OC)[C@@H](COP(=O)(O[C@@H]2C[C@H]([B])O[C@@H]2COC)SSCCO)O1.[B][B][C@H]1C[C@@H](OC)[C@@H](COP([O-])(=S)O[C@@H]2C[C@H]([B])O[C@@H]2COC)O1. The van der Waals surface area contributed by atoms with E-state index in [0.29, 0.717) is 75.4 Å². The van der Waals surface area contributed by atoms with Crippen LogP contribution in [0.3, 0.4) is 0 Å². The van der Waals surface area contributed by atoms with E-state index in [1.165, 1.54) is 118 Å². The van der Waals surface area contributed by atoms with Crippen molar-refractivity contribution in [2.45, 2.75) is 197 Å². The Morgan fingerprint density at radius 1 is 0.372 bits per heavy atom. The predicted molar refractivity (Wildman–Crippen MR) is 518 cm³/mol. The van der Waals surface area contributed by atoms with Crippen molar-refractivity contribution in [3.05, 3.63) is 0 Å². The van der Waals surface area contributed by atoms with E-state index in [2.05, 4.69) is 45.9 Å². The Balaban J connectivity index is 0.000000774. The molecule has 21 radical (unpaired) electrons. The first-order chi connectivity index (χ1) is 61.6. The Kier molecular flexibility index (Phi) is 77.5. The van der Waals surface area contributed by atoms with Gasteiger partial charge in [-0.1, -0.05) is 65.8 Å². The van der Waals surface area contributed by atoms with E-state index in [9.17, 15) is 28.3 Å². The number of rotatable bonds is 55. The zero-order valence-electron chi connectivity index (χ0n) is 74.9. The first-order valence-electron chi connectivity index (χ1n) is 39.9. The van der Waals surface area contributed by atoms with Gasteiger partial charge in [-0.2, -0.15) is 0 Å². The molecule has 727 valence electrons. The fraction of sp³-hybridized carbons (Fsp3) is 1.00. The molecule has 0 aromatic rings. The molecule has 0 spiro atoms. The molecular formula is C63H122B13O39P5S9-. The van der Waals surface area contributed by atoms with Gasteiger partial charge in [0.25, 0.3) is 0 Å². The van der Waals surface area contributed by atoms with Gasteiger partial charge in [0.15, 0.2) is 0 Å². The largest absolute Gasteiger partial charge is 0.780 e. The number of methoxy groups -OCH3 is 8. The van der Waals surface area contributed by atoms with Crippen LogP contribution in [0.4, 0.5) is 0 Å². The lowest BCUT2D eigenvalue weighted by atomic mass is 9.51. The number of ether oxygens (including phenoxy) is 16. The fourth-order valence-electron chi connectivity index (χ4n) is 12.1. The first-order valence-corrected chi connectivity index (χ1v) is 57.9. The van der Waals surface area contributed by atoms with E-state index in [0.717, 1.165) is 28.3 Å². The summed E-state index contributed by atoms with van der Waals surface area (Å²) in [4.78, 5) is 12.4. The van der Waals surface area contributed by atoms with Gasteiger partial charge in [0, 0.05) is 218 Å². The molecule has 27 atom stereocenters. The molecule has 8 heterocycles. The molecule has 129 heavy (non-hydrogen) atoms. The molecule has 0 saturated carbocycles. The van der Waals surface area contributed by atoms with Gasteiger partial charge in [-0.05, 0) is 51.4 Å². The second kappa shape index (κ2) is 76.4. The zero-order chi connectivity index (χ0) is 97.0. The van der Waals surface area contributed by atoms with Crippen molar-refractivity contribution >= 4 is 235 Å². The van der Waals surface area contributed by atoms with Crippen LogP contribution < -0.4 is 4.89 Å². The lowest BCUT2D eigenvalue weighted by molar-refractivity contribution is -0.215. The van der Waals surface area contributed by atoms with E-state index < -0.39 is 116 Å². The maximum absolute atomic E-state index is 13.4. The zero-order valence-corrected chi connectivity index (χ0v) is 86.8. The quantitative estimate of drug-likeness (QED) is 0.0150. The van der Waals surface area contributed by atoms with Crippen LogP contribution >= 0.6 is 125 Å². The summed E-state index contributed by atoms with van der Waals surface area (Å²) in [5, 5.41) is 43.7. The fourth-order valence-corrected chi connectivity index (χ4v) is 24.0. The van der Waals surface area contributed by atoms with Crippen molar-refractivity contribution in [2.24, 2.45) is 0 Å². The molecule has 0 aromatic carbocycles. The Hall–Kier alpha value is 3.81. The van der Waals surface area contributed by atoms with Gasteiger partial charge in [0.2, 0.25) is 0 Å². The van der Waals surface area contributed by atoms with Gasteiger partial charge >= 0.3 is 30.3 Å². The molecule has 5 N–H and O–H groups in total. The van der Waals surface area contributed by atoms with Gasteiger partial charge in [-0.25, -0.2) is 18.3 Å². The number of phosphoric acid groups is 3. The summed E-state index contributed by atoms with van der Waals surface area (Å²) < 4.78 is 200. The van der Waals surface area contributed by atoms with Crippen LogP contribution in [0.15, 0.2) is 0 Å². The van der Waals surface area contributed by atoms with Crippen LogP contribution in [0.5, 0.6) is 0 Å². The van der Waals surface area contributed by atoms with E-state index in [-0.39, 0.29) is 139 Å². The summed E-state index contributed by atoms with van der Waals surface area (Å²) in [5.41, 5.74) is 0. The highest BCUT2D eigenvalue weighted by atomic mass is 33.3. The average Bonchev–Trinajstić information content (AvgIpc) is 1.75.